The third-order valence-corrected chi connectivity index (χ3v) is 2.10. The van der Waals surface area contributed by atoms with Gasteiger partial charge in [-0.15, -0.1) is 0 Å². The molecule has 16 heavy (non-hydrogen) atoms. The smallest absolute Gasteiger partial charge is 0.652 e. The van der Waals surface area contributed by atoms with Gasteiger partial charge in [0.2, 0.25) is 0 Å². The molecule has 0 N–H and O–H groups in total. The van der Waals surface area contributed by atoms with E-state index >= 15 is 0 Å². The summed E-state index contributed by atoms with van der Waals surface area (Å²) in [4.78, 5) is 8.33. The number of unbranched alkanes of at least 4 members (excludes halogenated alkanes) is 2. The first-order valence-electron chi connectivity index (χ1n) is 4.56. The van der Waals surface area contributed by atoms with Gasteiger partial charge < -0.3 is 15.0 Å². The molecule has 0 saturated heterocycles. The molecule has 0 aliphatic heterocycles. The maximum absolute atomic E-state index is 8.33. The summed E-state index contributed by atoms with van der Waals surface area (Å²) in [6.07, 6.45) is 2.87. The van der Waals surface area contributed by atoms with Crippen molar-refractivity contribution in [2.45, 2.75) is 39.5 Å². The molecule has 0 rings (SSSR count). The van der Waals surface area contributed by atoms with E-state index in [-0.39, 0.29) is 103 Å². The fraction of sp³-hybridized carbons (Fsp3) is 0.889. The van der Waals surface area contributed by atoms with Gasteiger partial charge in [0.15, 0.2) is 0 Å². The van der Waals surface area contributed by atoms with E-state index in [4.69, 9.17) is 15.0 Å². The summed E-state index contributed by atoms with van der Waals surface area (Å²) in [5.74, 6) is 0. The SMILES string of the molecule is CCCCBr.CCCCBr.O=C([O-])[O-].[K+].[K+]. The molecular formula is C9H18Br2K2O3. The summed E-state index contributed by atoms with van der Waals surface area (Å²) in [5.41, 5.74) is 0. The van der Waals surface area contributed by atoms with Crippen LogP contribution < -0.4 is 113 Å². The fourth-order valence-corrected chi connectivity index (χ4v) is 1.39. The van der Waals surface area contributed by atoms with Gasteiger partial charge in [0, 0.05) is 10.7 Å². The average Bonchev–Trinajstić information content (AvgIpc) is 2.07. The van der Waals surface area contributed by atoms with Crippen LogP contribution >= 0.6 is 31.9 Å². The van der Waals surface area contributed by atoms with Crippen LogP contribution in [0.15, 0.2) is 0 Å². The molecule has 0 aliphatic carbocycles. The molecule has 0 atom stereocenters. The fourth-order valence-electron chi connectivity index (χ4n) is 0.267. The van der Waals surface area contributed by atoms with Crippen LogP contribution in [-0.2, 0) is 0 Å². The third kappa shape index (κ3) is 84.7. The Bertz CT molecular complexity index is 94.8. The number of hydrogen-bond acceptors (Lipinski definition) is 3. The first-order chi connectivity index (χ1) is 6.56. The molecule has 0 radical (unpaired) electrons. The maximum Gasteiger partial charge on any atom is 1.00 e. The van der Waals surface area contributed by atoms with E-state index in [1.165, 1.54) is 25.7 Å². The van der Waals surface area contributed by atoms with Gasteiger partial charge in [-0.25, -0.2) is 0 Å². The van der Waals surface area contributed by atoms with Crippen molar-refractivity contribution in [3.05, 3.63) is 0 Å². The molecule has 7 heteroatoms. The average molecular weight is 412 g/mol. The van der Waals surface area contributed by atoms with Crippen LogP contribution in [0.5, 0.6) is 0 Å². The van der Waals surface area contributed by atoms with Crippen LogP contribution in [-0.4, -0.2) is 16.8 Å². The van der Waals surface area contributed by atoms with Gasteiger partial charge >= 0.3 is 103 Å². The van der Waals surface area contributed by atoms with Gasteiger partial charge in [-0.3, -0.25) is 0 Å². The molecule has 0 unspecified atom stereocenters. The number of hydrogen-bond donors (Lipinski definition) is 0. The van der Waals surface area contributed by atoms with Crippen LogP contribution in [0, 0.1) is 0 Å². The van der Waals surface area contributed by atoms with E-state index in [0.717, 1.165) is 10.7 Å². The van der Waals surface area contributed by atoms with Crippen LogP contribution in [0.3, 0.4) is 0 Å². The molecule has 0 aromatic rings. The van der Waals surface area contributed by atoms with E-state index in [2.05, 4.69) is 45.7 Å². The molecule has 88 valence electrons. The summed E-state index contributed by atoms with van der Waals surface area (Å²) in [6.45, 7) is 4.36. The zero-order valence-corrected chi connectivity index (χ0v) is 20.1. The second-order valence-corrected chi connectivity index (χ2v) is 3.92. The molecule has 0 bridgehead atoms. The Balaban J connectivity index is -0.0000000358. The summed E-state index contributed by atoms with van der Waals surface area (Å²) in [5, 5.41) is 19.0. The molecule has 0 aliphatic rings. The summed E-state index contributed by atoms with van der Waals surface area (Å²) >= 11 is 6.62. The summed E-state index contributed by atoms with van der Waals surface area (Å²) < 4.78 is 0. The second-order valence-electron chi connectivity index (χ2n) is 2.34. The quantitative estimate of drug-likeness (QED) is 0.349. The van der Waals surface area contributed by atoms with Gasteiger partial charge in [-0.05, 0) is 19.0 Å². The number of carboxylic acid groups (broad SMARTS) is 2. The number of rotatable bonds is 4. The summed E-state index contributed by atoms with van der Waals surface area (Å²) in [6, 6.07) is 0. The molecule has 0 spiro atoms. The summed E-state index contributed by atoms with van der Waals surface area (Å²) in [7, 11) is 0. The van der Waals surface area contributed by atoms with E-state index in [0.29, 0.717) is 0 Å². The zero-order valence-electron chi connectivity index (χ0n) is 10.7. The van der Waals surface area contributed by atoms with Crippen molar-refractivity contribution in [2.75, 3.05) is 10.7 Å². The topological polar surface area (TPSA) is 63.2 Å². The predicted octanol–water partition coefficient (Wildman–Crippen LogP) is -4.08. The van der Waals surface area contributed by atoms with Crippen LogP contribution in [0.2, 0.25) is 0 Å². The largest absolute Gasteiger partial charge is 1.00 e. The Morgan fingerprint density at radius 3 is 1.12 bits per heavy atom. The van der Waals surface area contributed by atoms with Crippen molar-refractivity contribution in [1.82, 2.24) is 0 Å². The standard InChI is InChI=1S/2C4H9Br.CH2O3.2K/c2*1-2-3-4-5;2-1(3)4;;/h2*2-4H2,1H3;(H2,2,3,4);;/q;;;2*+1/p-2. The van der Waals surface area contributed by atoms with Crippen LogP contribution in [0.1, 0.15) is 39.5 Å². The third-order valence-electron chi connectivity index (χ3n) is 0.974. The first-order valence-corrected chi connectivity index (χ1v) is 6.80. The molecule has 0 amide bonds. The Labute approximate surface area is 201 Å². The molecule has 0 fully saturated rings. The Morgan fingerprint density at radius 1 is 0.938 bits per heavy atom. The predicted molar refractivity (Wildman–Crippen MR) is 62.8 cm³/mol. The minimum absolute atomic E-state index is 0. The van der Waals surface area contributed by atoms with Crippen molar-refractivity contribution >= 4 is 38.0 Å². The van der Waals surface area contributed by atoms with Gasteiger partial charge in [-0.1, -0.05) is 58.5 Å². The number of halogens is 2. The molecule has 3 nitrogen and oxygen atoms in total. The van der Waals surface area contributed by atoms with E-state index in [9.17, 15) is 0 Å². The maximum atomic E-state index is 8.33. The zero-order chi connectivity index (χ0) is 11.8. The first kappa shape index (κ1) is 31.7. The minimum atomic E-state index is -2.33. The molecule has 0 saturated carbocycles. The van der Waals surface area contributed by atoms with E-state index < -0.39 is 6.16 Å². The Hall–Kier alpha value is 3.50. The van der Waals surface area contributed by atoms with E-state index in [1.54, 1.807) is 0 Å². The van der Waals surface area contributed by atoms with Crippen molar-refractivity contribution in [3.8, 4) is 0 Å². The molecule has 0 aromatic carbocycles. The van der Waals surface area contributed by atoms with Crippen molar-refractivity contribution < 1.29 is 118 Å². The number of alkyl halides is 2. The van der Waals surface area contributed by atoms with E-state index in [1.807, 2.05) is 0 Å². The molecule has 0 heterocycles. The second kappa shape index (κ2) is 36.3. The Kier molecular flexibility index (Phi) is 71.9. The van der Waals surface area contributed by atoms with Crippen LogP contribution in [0.25, 0.3) is 0 Å². The Morgan fingerprint density at radius 2 is 1.12 bits per heavy atom. The van der Waals surface area contributed by atoms with Crippen LogP contribution in [0.4, 0.5) is 4.79 Å². The molecule has 0 aromatic heterocycles. The van der Waals surface area contributed by atoms with Crippen molar-refractivity contribution in [3.63, 3.8) is 0 Å². The van der Waals surface area contributed by atoms with Crippen molar-refractivity contribution in [2.24, 2.45) is 0 Å². The monoisotopic (exact) mass is 410 g/mol. The van der Waals surface area contributed by atoms with Gasteiger partial charge in [0.05, 0.1) is 0 Å². The molecular weight excluding hydrogens is 394 g/mol. The van der Waals surface area contributed by atoms with Crippen molar-refractivity contribution in [1.29, 1.82) is 0 Å². The number of carbonyl (C=O) groups is 1. The van der Waals surface area contributed by atoms with Gasteiger partial charge in [-0.2, -0.15) is 0 Å². The van der Waals surface area contributed by atoms with Gasteiger partial charge in [0.25, 0.3) is 0 Å². The van der Waals surface area contributed by atoms with Gasteiger partial charge in [0.1, 0.15) is 0 Å². The number of carbonyl (C=O) groups excluding carboxylic acids is 1. The normalized spacial score (nSPS) is 6.75. The minimum Gasteiger partial charge on any atom is -0.652 e.